The summed E-state index contributed by atoms with van der Waals surface area (Å²) in [5, 5.41) is 0. The molecule has 0 fully saturated rings. The summed E-state index contributed by atoms with van der Waals surface area (Å²) in [6.45, 7) is 5.39. The van der Waals surface area contributed by atoms with Crippen molar-refractivity contribution in [1.29, 1.82) is 0 Å². The lowest BCUT2D eigenvalue weighted by Gasteiger charge is -2.12. The van der Waals surface area contributed by atoms with Crippen LogP contribution >= 0.6 is 0 Å². The van der Waals surface area contributed by atoms with Crippen molar-refractivity contribution in [1.82, 2.24) is 4.57 Å². The number of carbonyl (C=O) groups is 3. The van der Waals surface area contributed by atoms with Gasteiger partial charge in [-0.25, -0.2) is 0 Å². The van der Waals surface area contributed by atoms with E-state index in [4.69, 9.17) is 0 Å². The molecule has 0 aliphatic heterocycles. The quantitative estimate of drug-likeness (QED) is 0.754. The smallest absolute Gasteiger partial charge is 0.180 e. The van der Waals surface area contributed by atoms with Gasteiger partial charge in [0, 0.05) is 31.5 Å². The average Bonchev–Trinajstić information content (AvgIpc) is 2.58. The van der Waals surface area contributed by atoms with Gasteiger partial charge in [0.05, 0.1) is 16.8 Å². The summed E-state index contributed by atoms with van der Waals surface area (Å²) in [6, 6.07) is 0. The maximum absolute atomic E-state index is 12.2. The molecule has 96 valence electrons. The van der Waals surface area contributed by atoms with Gasteiger partial charge >= 0.3 is 0 Å². The van der Waals surface area contributed by atoms with E-state index in [-0.39, 0.29) is 36.1 Å². The first-order valence-electron chi connectivity index (χ1n) is 6.16. The van der Waals surface area contributed by atoms with Gasteiger partial charge in [0.1, 0.15) is 0 Å². The number of hydrogen-bond acceptors (Lipinski definition) is 3. The number of ketones is 3. The fourth-order valence-corrected chi connectivity index (χ4v) is 2.46. The van der Waals surface area contributed by atoms with Crippen LogP contribution in [0.5, 0.6) is 0 Å². The van der Waals surface area contributed by atoms with Gasteiger partial charge in [-0.2, -0.15) is 0 Å². The van der Waals surface area contributed by atoms with Crippen LogP contribution in [-0.2, 0) is 7.05 Å². The predicted molar refractivity (Wildman–Crippen MR) is 67.2 cm³/mol. The lowest BCUT2D eigenvalue weighted by molar-refractivity contribution is 0.0878. The third kappa shape index (κ3) is 1.64. The Hall–Kier alpha value is -1.71. The Morgan fingerprint density at radius 1 is 1.17 bits per heavy atom. The van der Waals surface area contributed by atoms with Crippen molar-refractivity contribution < 1.29 is 14.4 Å². The molecule has 2 rings (SSSR count). The molecule has 0 aromatic carbocycles. The lowest BCUT2D eigenvalue weighted by Crippen LogP contribution is -2.20. The second-order valence-corrected chi connectivity index (χ2v) is 5.11. The second kappa shape index (κ2) is 4.19. The largest absolute Gasteiger partial charge is 0.344 e. The molecule has 18 heavy (non-hydrogen) atoms. The Balaban J connectivity index is 2.76. The maximum Gasteiger partial charge on any atom is 0.180 e. The number of carbonyl (C=O) groups excluding carboxylic acids is 3. The molecule has 0 atom stereocenters. The standard InChI is InChI=1S/C14H17NO3/c1-7(2)14(18)11-8(3)15(4)13-10(17)6-5-9(16)12(11)13/h7H,5-6H2,1-4H3. The van der Waals surface area contributed by atoms with Crippen LogP contribution in [0.1, 0.15) is 63.6 Å². The van der Waals surface area contributed by atoms with Crippen molar-refractivity contribution in [3.8, 4) is 0 Å². The highest BCUT2D eigenvalue weighted by molar-refractivity contribution is 6.19. The van der Waals surface area contributed by atoms with Crippen molar-refractivity contribution in [2.45, 2.75) is 33.6 Å². The van der Waals surface area contributed by atoms with Gasteiger partial charge in [-0.05, 0) is 6.92 Å². The van der Waals surface area contributed by atoms with E-state index in [1.807, 2.05) is 0 Å². The van der Waals surface area contributed by atoms with E-state index in [1.165, 1.54) is 0 Å². The number of hydrogen-bond donors (Lipinski definition) is 0. The topological polar surface area (TPSA) is 56.1 Å². The van der Waals surface area contributed by atoms with E-state index in [9.17, 15) is 14.4 Å². The maximum atomic E-state index is 12.2. The monoisotopic (exact) mass is 247 g/mol. The zero-order valence-electron chi connectivity index (χ0n) is 11.2. The van der Waals surface area contributed by atoms with E-state index in [2.05, 4.69) is 0 Å². The summed E-state index contributed by atoms with van der Waals surface area (Å²) in [6.07, 6.45) is 0.464. The summed E-state index contributed by atoms with van der Waals surface area (Å²) in [4.78, 5) is 36.2. The summed E-state index contributed by atoms with van der Waals surface area (Å²) in [7, 11) is 1.74. The normalized spacial score (nSPS) is 15.2. The van der Waals surface area contributed by atoms with Gasteiger partial charge < -0.3 is 4.57 Å². The van der Waals surface area contributed by atoms with E-state index >= 15 is 0 Å². The first kappa shape index (κ1) is 12.7. The molecule has 1 aliphatic carbocycles. The molecule has 4 nitrogen and oxygen atoms in total. The highest BCUT2D eigenvalue weighted by Crippen LogP contribution is 2.30. The highest BCUT2D eigenvalue weighted by atomic mass is 16.1. The van der Waals surface area contributed by atoms with Crippen LogP contribution in [0.2, 0.25) is 0 Å². The number of fused-ring (bicyclic) bond motifs is 1. The van der Waals surface area contributed by atoms with Crippen LogP contribution in [0.4, 0.5) is 0 Å². The molecule has 0 spiro atoms. The van der Waals surface area contributed by atoms with E-state index in [0.29, 0.717) is 22.5 Å². The van der Waals surface area contributed by atoms with E-state index in [0.717, 1.165) is 0 Å². The van der Waals surface area contributed by atoms with Crippen LogP contribution in [0.3, 0.4) is 0 Å². The zero-order chi connectivity index (χ0) is 13.6. The minimum atomic E-state index is -0.181. The minimum Gasteiger partial charge on any atom is -0.344 e. The van der Waals surface area contributed by atoms with Crippen molar-refractivity contribution in [2.24, 2.45) is 13.0 Å². The average molecular weight is 247 g/mol. The third-order valence-corrected chi connectivity index (χ3v) is 3.58. The molecule has 0 unspecified atom stereocenters. The Labute approximate surface area is 106 Å². The number of aromatic nitrogens is 1. The van der Waals surface area contributed by atoms with E-state index in [1.54, 1.807) is 32.4 Å². The summed E-state index contributed by atoms with van der Waals surface area (Å²) in [5.41, 5.74) is 1.92. The van der Waals surface area contributed by atoms with E-state index < -0.39 is 0 Å². The number of rotatable bonds is 2. The summed E-state index contributed by atoms with van der Waals surface area (Å²) in [5.74, 6) is -0.372. The van der Waals surface area contributed by atoms with Gasteiger partial charge in [0.25, 0.3) is 0 Å². The fourth-order valence-electron chi connectivity index (χ4n) is 2.46. The second-order valence-electron chi connectivity index (χ2n) is 5.11. The van der Waals surface area contributed by atoms with Crippen LogP contribution in [0.15, 0.2) is 0 Å². The van der Waals surface area contributed by atoms with Crippen molar-refractivity contribution >= 4 is 17.3 Å². The molecule has 0 bridgehead atoms. The molecule has 0 saturated carbocycles. The van der Waals surface area contributed by atoms with Crippen LogP contribution in [-0.4, -0.2) is 21.9 Å². The third-order valence-electron chi connectivity index (χ3n) is 3.58. The number of Topliss-reactive ketones (excluding diaryl/α,β-unsaturated/α-hetero) is 3. The van der Waals surface area contributed by atoms with Gasteiger partial charge in [-0.3, -0.25) is 14.4 Å². The molecule has 1 heterocycles. The molecule has 0 amide bonds. The molecule has 0 saturated heterocycles. The molecule has 1 aromatic rings. The molecule has 4 heteroatoms. The Bertz CT molecular complexity index is 564. The van der Waals surface area contributed by atoms with Crippen molar-refractivity contribution in [2.75, 3.05) is 0 Å². The molecular formula is C14H17NO3. The molecule has 1 aliphatic rings. The first-order valence-corrected chi connectivity index (χ1v) is 6.16. The molecule has 0 radical (unpaired) electrons. The lowest BCUT2D eigenvalue weighted by atomic mass is 9.88. The number of nitrogens with zero attached hydrogens (tertiary/aromatic N) is 1. The van der Waals surface area contributed by atoms with Crippen molar-refractivity contribution in [3.63, 3.8) is 0 Å². The summed E-state index contributed by atoms with van der Waals surface area (Å²) < 4.78 is 1.68. The molecular weight excluding hydrogens is 230 g/mol. The molecule has 0 N–H and O–H groups in total. The van der Waals surface area contributed by atoms with Gasteiger partial charge in [-0.1, -0.05) is 13.8 Å². The SMILES string of the molecule is Cc1c(C(=O)C(C)C)c2c(n1C)C(=O)CCC2=O. The predicted octanol–water partition coefficient (Wildman–Crippen LogP) is 2.33. The molecule has 1 aromatic heterocycles. The minimum absolute atomic E-state index is 0.0435. The van der Waals surface area contributed by atoms with Gasteiger partial charge in [-0.15, -0.1) is 0 Å². The highest BCUT2D eigenvalue weighted by Gasteiger charge is 2.34. The van der Waals surface area contributed by atoms with Crippen LogP contribution in [0, 0.1) is 12.8 Å². The van der Waals surface area contributed by atoms with Crippen LogP contribution in [0.25, 0.3) is 0 Å². The van der Waals surface area contributed by atoms with Gasteiger partial charge in [0.15, 0.2) is 17.3 Å². The Morgan fingerprint density at radius 2 is 1.72 bits per heavy atom. The van der Waals surface area contributed by atoms with Crippen LogP contribution < -0.4 is 0 Å². The first-order chi connectivity index (χ1) is 8.36. The fraction of sp³-hybridized carbons (Fsp3) is 0.500. The summed E-state index contributed by atoms with van der Waals surface area (Å²) >= 11 is 0. The Kier molecular flexibility index (Phi) is 2.97. The van der Waals surface area contributed by atoms with Gasteiger partial charge in [0.2, 0.25) is 0 Å². The van der Waals surface area contributed by atoms with Crippen molar-refractivity contribution in [3.05, 3.63) is 22.5 Å². The zero-order valence-corrected chi connectivity index (χ0v) is 11.2. The Morgan fingerprint density at radius 3 is 2.28 bits per heavy atom.